The number of rotatable bonds is 5. The number of benzene rings is 2. The molecule has 0 aromatic heterocycles. The van der Waals surface area contributed by atoms with E-state index in [1.807, 2.05) is 24.3 Å². The zero-order valence-electron chi connectivity index (χ0n) is 11.9. The fourth-order valence-corrected chi connectivity index (χ4v) is 2.18. The fraction of sp³-hybridized carbons (Fsp3) is 0.188. The van der Waals surface area contributed by atoms with Crippen LogP contribution in [0.4, 0.5) is 5.69 Å². The average Bonchev–Trinajstić information content (AvgIpc) is 3.08. The summed E-state index contributed by atoms with van der Waals surface area (Å²) >= 11 is 0. The number of nitrogens with one attached hydrogen (secondary N) is 1. The predicted molar refractivity (Wildman–Crippen MR) is 83.3 cm³/mol. The van der Waals surface area contributed by atoms with Gasteiger partial charge in [-0.15, -0.1) is 0 Å². The molecule has 0 amide bonds. The molecule has 0 bridgehead atoms. The zero-order chi connectivity index (χ0) is 15.4. The Hall–Kier alpha value is -2.89. The Morgan fingerprint density at radius 1 is 1.14 bits per heavy atom. The van der Waals surface area contributed by atoms with E-state index in [4.69, 9.17) is 4.74 Å². The van der Waals surface area contributed by atoms with Crippen molar-refractivity contribution >= 4 is 11.5 Å². The zero-order valence-corrected chi connectivity index (χ0v) is 11.9. The van der Waals surface area contributed by atoms with Gasteiger partial charge >= 0.3 is 0 Å². The molecule has 2 aromatic rings. The van der Waals surface area contributed by atoms with Crippen molar-refractivity contribution in [2.45, 2.75) is 6.61 Å². The van der Waals surface area contributed by atoms with Gasteiger partial charge < -0.3 is 10.1 Å². The van der Waals surface area contributed by atoms with E-state index in [2.05, 4.69) is 10.3 Å². The summed E-state index contributed by atoms with van der Waals surface area (Å²) in [4.78, 5) is 14.5. The van der Waals surface area contributed by atoms with Gasteiger partial charge in [-0.25, -0.2) is 0 Å². The Kier molecular flexibility index (Phi) is 4.00. The van der Waals surface area contributed by atoms with Crippen LogP contribution in [0.3, 0.4) is 0 Å². The van der Waals surface area contributed by atoms with Crippen molar-refractivity contribution in [1.29, 1.82) is 0 Å². The van der Waals surface area contributed by atoms with Gasteiger partial charge in [-0.3, -0.25) is 15.1 Å². The van der Waals surface area contributed by atoms with E-state index in [0.29, 0.717) is 12.4 Å². The van der Waals surface area contributed by atoms with E-state index < -0.39 is 4.92 Å². The van der Waals surface area contributed by atoms with Crippen LogP contribution in [0.15, 0.2) is 53.5 Å². The van der Waals surface area contributed by atoms with E-state index in [0.717, 1.165) is 30.1 Å². The van der Waals surface area contributed by atoms with Crippen LogP contribution in [0.5, 0.6) is 5.75 Å². The number of nitro groups is 1. The van der Waals surface area contributed by atoms with Gasteiger partial charge in [0.25, 0.3) is 5.69 Å². The molecule has 6 heteroatoms. The van der Waals surface area contributed by atoms with Crippen molar-refractivity contribution in [2.75, 3.05) is 13.1 Å². The number of hydrogen-bond acceptors (Lipinski definition) is 5. The van der Waals surface area contributed by atoms with Gasteiger partial charge in [0.2, 0.25) is 0 Å². The third kappa shape index (κ3) is 3.22. The Bertz CT molecular complexity index is 694. The van der Waals surface area contributed by atoms with Crippen molar-refractivity contribution in [3.63, 3.8) is 0 Å². The molecule has 1 aliphatic rings. The first-order valence-electron chi connectivity index (χ1n) is 6.97. The number of ether oxygens (including phenoxy) is 1. The van der Waals surface area contributed by atoms with E-state index in [1.165, 1.54) is 12.1 Å². The van der Waals surface area contributed by atoms with Crippen LogP contribution in [0.25, 0.3) is 0 Å². The lowest BCUT2D eigenvalue weighted by molar-refractivity contribution is -0.384. The molecule has 0 atom stereocenters. The number of amidine groups is 1. The second-order valence-corrected chi connectivity index (χ2v) is 4.89. The third-order valence-corrected chi connectivity index (χ3v) is 3.35. The topological polar surface area (TPSA) is 76.8 Å². The van der Waals surface area contributed by atoms with E-state index in [1.54, 1.807) is 12.1 Å². The van der Waals surface area contributed by atoms with Crippen molar-refractivity contribution in [3.05, 3.63) is 69.8 Å². The first kappa shape index (κ1) is 14.1. The Morgan fingerprint density at radius 3 is 2.45 bits per heavy atom. The molecular weight excluding hydrogens is 282 g/mol. The van der Waals surface area contributed by atoms with E-state index in [9.17, 15) is 10.1 Å². The van der Waals surface area contributed by atoms with Crippen LogP contribution in [-0.4, -0.2) is 23.8 Å². The van der Waals surface area contributed by atoms with Crippen molar-refractivity contribution in [2.24, 2.45) is 4.99 Å². The normalized spacial score (nSPS) is 13.4. The molecule has 0 aliphatic carbocycles. The SMILES string of the molecule is O=[N+]([O-])c1ccc(OCc2ccc(C3=NCCN3)cc2)cc1. The molecule has 2 aromatic carbocycles. The number of non-ortho nitro benzene ring substituents is 1. The molecule has 1 N–H and O–H groups in total. The summed E-state index contributed by atoms with van der Waals surface area (Å²) in [6, 6.07) is 14.1. The minimum atomic E-state index is -0.428. The van der Waals surface area contributed by atoms with Crippen LogP contribution in [-0.2, 0) is 6.61 Å². The average molecular weight is 297 g/mol. The summed E-state index contributed by atoms with van der Waals surface area (Å²) in [6.45, 7) is 2.12. The van der Waals surface area contributed by atoms with Crippen molar-refractivity contribution < 1.29 is 9.66 Å². The molecule has 112 valence electrons. The molecule has 0 saturated carbocycles. The summed E-state index contributed by atoms with van der Waals surface area (Å²) < 4.78 is 5.62. The summed E-state index contributed by atoms with van der Waals surface area (Å²) in [5.74, 6) is 1.54. The highest BCUT2D eigenvalue weighted by molar-refractivity contribution is 5.99. The molecule has 0 radical (unpaired) electrons. The van der Waals surface area contributed by atoms with Crippen molar-refractivity contribution in [1.82, 2.24) is 5.32 Å². The first-order valence-corrected chi connectivity index (χ1v) is 6.97. The summed E-state index contributed by atoms with van der Waals surface area (Å²) in [6.07, 6.45) is 0. The molecule has 3 rings (SSSR count). The van der Waals surface area contributed by atoms with Gasteiger partial charge in [0.05, 0.1) is 11.5 Å². The maximum absolute atomic E-state index is 10.6. The standard InChI is InChI=1S/C16H15N3O3/c20-19(21)14-5-7-15(8-6-14)22-11-12-1-3-13(4-2-12)16-17-9-10-18-16/h1-8H,9-11H2,(H,17,18). The lowest BCUT2D eigenvalue weighted by atomic mass is 10.1. The molecule has 0 fully saturated rings. The fourth-order valence-electron chi connectivity index (χ4n) is 2.18. The number of aliphatic imine (C=N–C) groups is 1. The molecule has 1 heterocycles. The monoisotopic (exact) mass is 297 g/mol. The van der Waals surface area contributed by atoms with E-state index >= 15 is 0 Å². The highest BCUT2D eigenvalue weighted by Crippen LogP contribution is 2.18. The largest absolute Gasteiger partial charge is 0.489 e. The van der Waals surface area contributed by atoms with Gasteiger partial charge in [-0.05, 0) is 17.7 Å². The lowest BCUT2D eigenvalue weighted by Crippen LogP contribution is -2.19. The van der Waals surface area contributed by atoms with E-state index in [-0.39, 0.29) is 5.69 Å². The summed E-state index contributed by atoms with van der Waals surface area (Å²) in [5, 5.41) is 13.8. The van der Waals surface area contributed by atoms with Gasteiger partial charge in [-0.2, -0.15) is 0 Å². The highest BCUT2D eigenvalue weighted by Gasteiger charge is 2.08. The minimum Gasteiger partial charge on any atom is -0.489 e. The van der Waals surface area contributed by atoms with Crippen LogP contribution < -0.4 is 10.1 Å². The first-order chi connectivity index (χ1) is 10.7. The molecule has 1 aliphatic heterocycles. The smallest absolute Gasteiger partial charge is 0.269 e. The number of nitrogens with zero attached hydrogens (tertiary/aromatic N) is 2. The van der Waals surface area contributed by atoms with Gasteiger partial charge in [-0.1, -0.05) is 24.3 Å². The quantitative estimate of drug-likeness (QED) is 0.679. The molecule has 22 heavy (non-hydrogen) atoms. The van der Waals surface area contributed by atoms with Gasteiger partial charge in [0.15, 0.2) is 0 Å². The van der Waals surface area contributed by atoms with Crippen LogP contribution >= 0.6 is 0 Å². The minimum absolute atomic E-state index is 0.0570. The maximum atomic E-state index is 10.6. The lowest BCUT2D eigenvalue weighted by Gasteiger charge is -2.07. The Morgan fingerprint density at radius 2 is 1.86 bits per heavy atom. The molecule has 0 spiro atoms. The molecule has 0 unspecified atom stereocenters. The molecular formula is C16H15N3O3. The van der Waals surface area contributed by atoms with Crippen LogP contribution in [0.2, 0.25) is 0 Å². The Labute approximate surface area is 127 Å². The second kappa shape index (κ2) is 6.26. The molecule has 0 saturated heterocycles. The van der Waals surface area contributed by atoms with Crippen molar-refractivity contribution in [3.8, 4) is 5.75 Å². The summed E-state index contributed by atoms with van der Waals surface area (Å²) in [7, 11) is 0. The van der Waals surface area contributed by atoms with Gasteiger partial charge in [0.1, 0.15) is 18.2 Å². The number of nitro benzene ring substituents is 1. The van der Waals surface area contributed by atoms with Crippen LogP contribution in [0, 0.1) is 10.1 Å². The molecule has 6 nitrogen and oxygen atoms in total. The van der Waals surface area contributed by atoms with Crippen LogP contribution in [0.1, 0.15) is 11.1 Å². The highest BCUT2D eigenvalue weighted by atomic mass is 16.6. The maximum Gasteiger partial charge on any atom is 0.269 e. The summed E-state index contributed by atoms with van der Waals surface area (Å²) in [5.41, 5.74) is 2.15. The Balaban J connectivity index is 1.60. The number of hydrogen-bond donors (Lipinski definition) is 1. The predicted octanol–water partition coefficient (Wildman–Crippen LogP) is 2.52. The third-order valence-electron chi connectivity index (χ3n) is 3.35. The second-order valence-electron chi connectivity index (χ2n) is 4.89. The van der Waals surface area contributed by atoms with Gasteiger partial charge in [0, 0.05) is 24.2 Å².